The van der Waals surface area contributed by atoms with Crippen LogP contribution in [0.1, 0.15) is 22.8 Å². The lowest BCUT2D eigenvalue weighted by atomic mass is 10.1. The average Bonchev–Trinajstić information content (AvgIpc) is 2.67. The lowest BCUT2D eigenvalue weighted by Gasteiger charge is -2.17. The molecule has 0 saturated carbocycles. The Bertz CT molecular complexity index is 1020. The minimum absolute atomic E-state index is 0.000914. The quantitative estimate of drug-likeness (QED) is 0.356. The third-order valence-corrected chi connectivity index (χ3v) is 3.82. The third kappa shape index (κ3) is 6.16. The number of nitrogens with zero attached hydrogens (tertiary/aromatic N) is 1. The van der Waals surface area contributed by atoms with Crippen LogP contribution in [0, 0.1) is 10.1 Å². The number of anilines is 2. The highest BCUT2D eigenvalue weighted by Crippen LogP contribution is 2.37. The van der Waals surface area contributed by atoms with Gasteiger partial charge in [-0.15, -0.1) is 0 Å². The summed E-state index contributed by atoms with van der Waals surface area (Å²) in [7, 11) is 0. The number of nitrogens with one attached hydrogen (secondary N) is 2. The Labute approximate surface area is 172 Å². The summed E-state index contributed by atoms with van der Waals surface area (Å²) >= 11 is 0. The Morgan fingerprint density at radius 3 is 2.23 bits per heavy atom. The zero-order chi connectivity index (χ0) is 23.3. The van der Waals surface area contributed by atoms with E-state index in [2.05, 4.69) is 5.32 Å². The van der Waals surface area contributed by atoms with Crippen LogP contribution in [-0.4, -0.2) is 28.9 Å². The Morgan fingerprint density at radius 2 is 1.71 bits per heavy atom. The van der Waals surface area contributed by atoms with Gasteiger partial charge in [0.15, 0.2) is 6.10 Å². The first-order valence-corrected chi connectivity index (χ1v) is 8.42. The molecule has 10 nitrogen and oxygen atoms in total. The van der Waals surface area contributed by atoms with E-state index in [0.717, 1.165) is 19.1 Å². The molecule has 0 aliphatic rings. The number of primary amides is 1. The SMILES string of the molecule is CC(OC(=O)c1ccc(NC(N)=O)cc1)C(=O)Nc1ccc([N+](=O)[O-])cc1C(F)(F)F. The normalized spacial score (nSPS) is 11.9. The molecule has 0 radical (unpaired) electrons. The van der Waals surface area contributed by atoms with Gasteiger partial charge >= 0.3 is 18.2 Å². The van der Waals surface area contributed by atoms with Gasteiger partial charge in [0.25, 0.3) is 11.6 Å². The summed E-state index contributed by atoms with van der Waals surface area (Å²) in [4.78, 5) is 44.8. The van der Waals surface area contributed by atoms with E-state index in [4.69, 9.17) is 10.5 Å². The molecule has 0 saturated heterocycles. The fourth-order valence-corrected chi connectivity index (χ4v) is 2.34. The van der Waals surface area contributed by atoms with Crippen molar-refractivity contribution >= 4 is 35.0 Å². The third-order valence-electron chi connectivity index (χ3n) is 3.82. The van der Waals surface area contributed by atoms with E-state index in [0.29, 0.717) is 5.69 Å². The first-order valence-electron chi connectivity index (χ1n) is 8.42. The molecular weight excluding hydrogens is 425 g/mol. The summed E-state index contributed by atoms with van der Waals surface area (Å²) in [5.74, 6) is -2.03. The first-order chi connectivity index (χ1) is 14.4. The molecule has 2 rings (SSSR count). The van der Waals surface area contributed by atoms with Crippen molar-refractivity contribution in [2.75, 3.05) is 10.6 Å². The van der Waals surface area contributed by atoms with E-state index in [9.17, 15) is 37.7 Å². The summed E-state index contributed by atoms with van der Waals surface area (Å²) < 4.78 is 44.5. The highest BCUT2D eigenvalue weighted by molar-refractivity contribution is 5.98. The number of rotatable bonds is 6. The number of amides is 3. The molecular formula is C18H15F3N4O6. The summed E-state index contributed by atoms with van der Waals surface area (Å²) in [6.45, 7) is 1.13. The minimum Gasteiger partial charge on any atom is -0.449 e. The number of hydrogen-bond acceptors (Lipinski definition) is 6. The number of ether oxygens (including phenoxy) is 1. The van der Waals surface area contributed by atoms with Crippen LogP contribution < -0.4 is 16.4 Å². The van der Waals surface area contributed by atoms with E-state index in [1.165, 1.54) is 24.3 Å². The molecule has 0 aliphatic carbocycles. The van der Waals surface area contributed by atoms with Crippen LogP contribution in [0.4, 0.5) is 35.0 Å². The molecule has 0 heterocycles. The van der Waals surface area contributed by atoms with Crippen LogP contribution in [-0.2, 0) is 15.7 Å². The molecule has 4 N–H and O–H groups in total. The predicted octanol–water partition coefficient (Wildman–Crippen LogP) is 3.29. The Balaban J connectivity index is 2.11. The van der Waals surface area contributed by atoms with Crippen molar-refractivity contribution in [3.05, 3.63) is 63.7 Å². The number of urea groups is 1. The number of nitro groups is 1. The van der Waals surface area contributed by atoms with Crippen LogP contribution in [0.15, 0.2) is 42.5 Å². The molecule has 164 valence electrons. The maximum atomic E-state index is 13.2. The van der Waals surface area contributed by atoms with Gasteiger partial charge in [0.05, 0.1) is 21.7 Å². The second-order valence-corrected chi connectivity index (χ2v) is 6.09. The van der Waals surface area contributed by atoms with Crippen LogP contribution in [0.5, 0.6) is 0 Å². The van der Waals surface area contributed by atoms with Gasteiger partial charge in [-0.1, -0.05) is 0 Å². The highest BCUT2D eigenvalue weighted by Gasteiger charge is 2.36. The van der Waals surface area contributed by atoms with E-state index in [1.54, 1.807) is 0 Å². The summed E-state index contributed by atoms with van der Waals surface area (Å²) in [6.07, 6.45) is -6.47. The maximum absolute atomic E-state index is 13.2. The number of halogens is 3. The van der Waals surface area contributed by atoms with Gasteiger partial charge in [0.1, 0.15) is 0 Å². The van der Waals surface area contributed by atoms with Crippen molar-refractivity contribution < 1.29 is 37.2 Å². The van der Waals surface area contributed by atoms with Gasteiger partial charge in [-0.3, -0.25) is 14.9 Å². The molecule has 0 spiro atoms. The fourth-order valence-electron chi connectivity index (χ4n) is 2.34. The fraction of sp³-hybridized carbons (Fsp3) is 0.167. The molecule has 31 heavy (non-hydrogen) atoms. The van der Waals surface area contributed by atoms with E-state index >= 15 is 0 Å². The first kappa shape index (κ1) is 23.1. The van der Waals surface area contributed by atoms with Crippen molar-refractivity contribution in [1.29, 1.82) is 0 Å². The van der Waals surface area contributed by atoms with Crippen molar-refractivity contribution in [3.63, 3.8) is 0 Å². The summed E-state index contributed by atoms with van der Waals surface area (Å²) in [5.41, 5.74) is 2.30. The highest BCUT2D eigenvalue weighted by atomic mass is 19.4. The van der Waals surface area contributed by atoms with Crippen molar-refractivity contribution in [2.24, 2.45) is 5.73 Å². The maximum Gasteiger partial charge on any atom is 0.418 e. The number of benzene rings is 2. The van der Waals surface area contributed by atoms with Crippen molar-refractivity contribution in [1.82, 2.24) is 0 Å². The summed E-state index contributed by atoms with van der Waals surface area (Å²) in [5, 5.41) is 14.9. The zero-order valence-electron chi connectivity index (χ0n) is 15.7. The van der Waals surface area contributed by atoms with Gasteiger partial charge in [-0.05, 0) is 37.3 Å². The topological polar surface area (TPSA) is 154 Å². The second kappa shape index (κ2) is 9.11. The lowest BCUT2D eigenvalue weighted by molar-refractivity contribution is -0.385. The van der Waals surface area contributed by atoms with E-state index < -0.39 is 52.0 Å². The van der Waals surface area contributed by atoms with Crippen LogP contribution >= 0.6 is 0 Å². The van der Waals surface area contributed by atoms with Gasteiger partial charge in [-0.25, -0.2) is 9.59 Å². The Morgan fingerprint density at radius 1 is 1.10 bits per heavy atom. The number of nitrogens with two attached hydrogens (primary N) is 1. The average molecular weight is 440 g/mol. The standard InChI is InChI=1S/C18H15F3N4O6/c1-9(31-16(27)10-2-4-11(5-3-10)23-17(22)28)15(26)24-14-7-6-12(25(29)30)8-13(14)18(19,20)21/h2-9H,1H3,(H,24,26)(H3,22,23,28). The number of alkyl halides is 3. The van der Waals surface area contributed by atoms with Gasteiger partial charge in [-0.2, -0.15) is 13.2 Å². The smallest absolute Gasteiger partial charge is 0.418 e. The summed E-state index contributed by atoms with van der Waals surface area (Å²) in [6, 6.07) is 6.24. The molecule has 1 unspecified atom stereocenters. The second-order valence-electron chi connectivity index (χ2n) is 6.09. The van der Waals surface area contributed by atoms with Crippen LogP contribution in [0.25, 0.3) is 0 Å². The van der Waals surface area contributed by atoms with Crippen molar-refractivity contribution in [3.8, 4) is 0 Å². The minimum atomic E-state index is -4.98. The molecule has 2 aromatic carbocycles. The van der Waals surface area contributed by atoms with Crippen LogP contribution in [0.2, 0.25) is 0 Å². The number of carbonyl (C=O) groups is 3. The number of carbonyl (C=O) groups excluding carboxylic acids is 3. The Kier molecular flexibility index (Phi) is 6.79. The zero-order valence-corrected chi connectivity index (χ0v) is 15.7. The van der Waals surface area contributed by atoms with E-state index in [1.807, 2.05) is 5.32 Å². The molecule has 1 atom stereocenters. The molecule has 13 heteroatoms. The lowest BCUT2D eigenvalue weighted by Crippen LogP contribution is -2.30. The number of non-ortho nitro benzene ring substituents is 1. The molecule has 0 aromatic heterocycles. The van der Waals surface area contributed by atoms with E-state index in [-0.39, 0.29) is 11.6 Å². The van der Waals surface area contributed by atoms with Gasteiger partial charge in [0, 0.05) is 17.8 Å². The Hall–Kier alpha value is -4.16. The molecule has 0 bridgehead atoms. The van der Waals surface area contributed by atoms with Gasteiger partial charge in [0.2, 0.25) is 0 Å². The molecule has 0 fully saturated rings. The van der Waals surface area contributed by atoms with Crippen molar-refractivity contribution in [2.45, 2.75) is 19.2 Å². The monoisotopic (exact) mass is 440 g/mol. The number of esters is 1. The molecule has 0 aliphatic heterocycles. The largest absolute Gasteiger partial charge is 0.449 e. The molecule has 2 aromatic rings. The number of nitro benzene ring substituents is 1. The van der Waals surface area contributed by atoms with Gasteiger partial charge < -0.3 is 21.1 Å². The van der Waals surface area contributed by atoms with Crippen LogP contribution in [0.3, 0.4) is 0 Å². The predicted molar refractivity (Wildman–Crippen MR) is 101 cm³/mol. The number of hydrogen-bond donors (Lipinski definition) is 3. The molecule has 3 amide bonds.